The van der Waals surface area contributed by atoms with E-state index in [4.69, 9.17) is 11.6 Å². The number of hydrazine groups is 1. The first-order valence-electron chi connectivity index (χ1n) is 13.3. The average molecular weight is 544 g/mol. The summed E-state index contributed by atoms with van der Waals surface area (Å²) in [5.74, 6) is -0.512. The van der Waals surface area contributed by atoms with E-state index >= 15 is 0 Å². The molecule has 0 saturated carbocycles. The fraction of sp³-hybridized carbons (Fsp3) is 0.300. The highest BCUT2D eigenvalue weighted by Gasteiger charge is 2.37. The molecule has 3 aromatic rings. The van der Waals surface area contributed by atoms with E-state index in [-0.39, 0.29) is 24.8 Å². The van der Waals surface area contributed by atoms with Crippen molar-refractivity contribution in [2.24, 2.45) is 0 Å². The molecular weight excluding hydrogens is 514 g/mol. The van der Waals surface area contributed by atoms with E-state index in [1.165, 1.54) is 26.7 Å². The minimum absolute atomic E-state index is 0.190. The Labute approximate surface area is 232 Å². The van der Waals surface area contributed by atoms with Crippen LogP contribution in [0.1, 0.15) is 33.5 Å². The number of carbonyl (C=O) groups excluding carboxylic acids is 3. The minimum atomic E-state index is -0.540. The number of nitrogens with one attached hydrogen (secondary N) is 1. The van der Waals surface area contributed by atoms with Gasteiger partial charge in [-0.15, -0.1) is 0 Å². The second-order valence-corrected chi connectivity index (χ2v) is 10.7. The smallest absolute Gasteiger partial charge is 0.297 e. The number of rotatable bonds is 6. The monoisotopic (exact) mass is 543 g/mol. The van der Waals surface area contributed by atoms with Gasteiger partial charge in [0.2, 0.25) is 5.91 Å². The number of carbonyl (C=O) groups is 3. The summed E-state index contributed by atoms with van der Waals surface area (Å²) in [6.45, 7) is 6.16. The Morgan fingerprint density at radius 2 is 1.46 bits per heavy atom. The quantitative estimate of drug-likeness (QED) is 0.506. The van der Waals surface area contributed by atoms with Gasteiger partial charge >= 0.3 is 6.03 Å². The van der Waals surface area contributed by atoms with Crippen LogP contribution in [-0.2, 0) is 24.4 Å². The third-order valence-corrected chi connectivity index (χ3v) is 7.97. The molecule has 0 spiro atoms. The number of amides is 4. The topological polar surface area (TPSA) is 76.2 Å². The van der Waals surface area contributed by atoms with Gasteiger partial charge in [0.25, 0.3) is 5.91 Å². The van der Waals surface area contributed by atoms with Gasteiger partial charge < -0.3 is 0 Å². The summed E-state index contributed by atoms with van der Waals surface area (Å²) in [5, 5.41) is 5.81. The van der Waals surface area contributed by atoms with Crippen LogP contribution in [0.2, 0.25) is 5.02 Å². The number of hydrogen-bond donors (Lipinski definition) is 1. The van der Waals surface area contributed by atoms with Crippen molar-refractivity contribution in [3.8, 4) is 11.1 Å². The van der Waals surface area contributed by atoms with Gasteiger partial charge in [-0.25, -0.2) is 14.8 Å². The summed E-state index contributed by atoms with van der Waals surface area (Å²) in [4.78, 5) is 41.6. The van der Waals surface area contributed by atoms with Crippen molar-refractivity contribution in [3.05, 3.63) is 94.0 Å². The van der Waals surface area contributed by atoms with Crippen molar-refractivity contribution in [3.63, 3.8) is 0 Å². The molecule has 0 unspecified atom stereocenters. The summed E-state index contributed by atoms with van der Waals surface area (Å²) in [5.41, 5.74) is 6.42. The second-order valence-electron chi connectivity index (χ2n) is 10.3. The van der Waals surface area contributed by atoms with E-state index in [1.807, 2.05) is 24.3 Å². The molecule has 0 aromatic heterocycles. The molecule has 3 heterocycles. The van der Waals surface area contributed by atoms with Crippen molar-refractivity contribution >= 4 is 29.4 Å². The number of fused-ring (bicyclic) bond motifs is 1. The van der Waals surface area contributed by atoms with Crippen molar-refractivity contribution in [1.29, 1.82) is 0 Å². The van der Waals surface area contributed by atoms with Gasteiger partial charge in [-0.05, 0) is 46.0 Å². The number of hydrogen-bond acceptors (Lipinski definition) is 5. The van der Waals surface area contributed by atoms with Gasteiger partial charge in [-0.2, -0.15) is 0 Å². The molecular formula is C30H30ClN5O3. The van der Waals surface area contributed by atoms with Crippen molar-refractivity contribution < 1.29 is 14.4 Å². The Balaban J connectivity index is 1.06. The molecule has 3 aliphatic heterocycles. The fourth-order valence-corrected chi connectivity index (χ4v) is 5.74. The van der Waals surface area contributed by atoms with Crippen LogP contribution in [0.4, 0.5) is 4.79 Å². The highest BCUT2D eigenvalue weighted by Crippen LogP contribution is 2.28. The predicted octanol–water partition coefficient (Wildman–Crippen LogP) is 4.14. The molecule has 2 fully saturated rings. The largest absolute Gasteiger partial charge is 0.342 e. The molecule has 3 aromatic carbocycles. The Hall–Kier alpha value is -3.72. The first-order valence-corrected chi connectivity index (χ1v) is 13.7. The number of urea groups is 1. The fourth-order valence-electron chi connectivity index (χ4n) is 5.61. The van der Waals surface area contributed by atoms with E-state index < -0.39 is 6.03 Å². The average Bonchev–Trinajstić information content (AvgIpc) is 3.26. The van der Waals surface area contributed by atoms with Crippen LogP contribution >= 0.6 is 11.6 Å². The van der Waals surface area contributed by atoms with Gasteiger partial charge in [0, 0.05) is 56.3 Å². The lowest BCUT2D eigenvalue weighted by Gasteiger charge is -2.35. The van der Waals surface area contributed by atoms with Gasteiger partial charge in [-0.3, -0.25) is 24.7 Å². The van der Waals surface area contributed by atoms with Crippen LogP contribution in [0.25, 0.3) is 11.1 Å². The molecule has 8 nitrogen and oxygen atoms in total. The first kappa shape index (κ1) is 25.6. The Morgan fingerprint density at radius 1 is 0.744 bits per heavy atom. The minimum Gasteiger partial charge on any atom is -0.297 e. The maximum absolute atomic E-state index is 12.9. The Morgan fingerprint density at radius 3 is 2.21 bits per heavy atom. The van der Waals surface area contributed by atoms with Crippen LogP contribution in [-0.4, -0.2) is 70.4 Å². The maximum atomic E-state index is 12.9. The van der Waals surface area contributed by atoms with Gasteiger partial charge in [0.15, 0.2) is 0 Å². The number of nitrogens with zero attached hydrogens (tertiary/aromatic N) is 4. The SMILES string of the molecule is O=C1CCN(N2Cc3cc(CN4CCN(Cc5ccccc5-c5ccc(Cl)cc5)CC4)ccc3C2=O)C(=O)N1. The molecule has 4 amide bonds. The standard InChI is InChI=1S/C30H30ClN5O3/c31-25-8-6-22(7-9-25)26-4-2-1-3-23(26)19-34-15-13-33(14-16-34)18-21-5-10-27-24(17-21)20-36(29(27)38)35-12-11-28(37)32-30(35)39/h1-10,17H,11-16,18-20H2,(H,32,37,39). The van der Waals surface area contributed by atoms with Crippen molar-refractivity contribution in [2.75, 3.05) is 32.7 Å². The molecule has 200 valence electrons. The summed E-state index contributed by atoms with van der Waals surface area (Å²) >= 11 is 6.09. The Bertz CT molecular complexity index is 1420. The van der Waals surface area contributed by atoms with Gasteiger partial charge in [0.05, 0.1) is 13.1 Å². The lowest BCUT2D eigenvalue weighted by atomic mass is 9.99. The van der Waals surface area contributed by atoms with E-state index in [2.05, 4.69) is 57.6 Å². The molecule has 0 bridgehead atoms. The Kier molecular flexibility index (Phi) is 7.08. The molecule has 0 atom stereocenters. The van der Waals surface area contributed by atoms with Gasteiger partial charge in [0.1, 0.15) is 0 Å². The summed E-state index contributed by atoms with van der Waals surface area (Å²) in [6, 6.07) is 22.0. The molecule has 1 N–H and O–H groups in total. The van der Waals surface area contributed by atoms with Gasteiger partial charge in [-0.1, -0.05) is 60.1 Å². The van der Waals surface area contributed by atoms with E-state index in [9.17, 15) is 14.4 Å². The van der Waals surface area contributed by atoms with Crippen LogP contribution in [0.3, 0.4) is 0 Å². The molecule has 9 heteroatoms. The van der Waals surface area contributed by atoms with Crippen molar-refractivity contribution in [2.45, 2.75) is 26.1 Å². The maximum Gasteiger partial charge on any atom is 0.342 e. The summed E-state index contributed by atoms with van der Waals surface area (Å²) in [7, 11) is 0. The summed E-state index contributed by atoms with van der Waals surface area (Å²) in [6.07, 6.45) is 0.190. The van der Waals surface area contributed by atoms with Crippen LogP contribution in [0.5, 0.6) is 0 Å². The van der Waals surface area contributed by atoms with E-state index in [0.717, 1.165) is 55.4 Å². The van der Waals surface area contributed by atoms with Crippen LogP contribution in [0, 0.1) is 0 Å². The molecule has 3 aliphatic rings. The number of piperazine rings is 1. The second kappa shape index (κ2) is 10.8. The number of benzene rings is 3. The molecule has 0 radical (unpaired) electrons. The third kappa shape index (κ3) is 5.41. The predicted molar refractivity (Wildman–Crippen MR) is 149 cm³/mol. The zero-order valence-electron chi connectivity index (χ0n) is 21.6. The zero-order chi connectivity index (χ0) is 26.9. The lowest BCUT2D eigenvalue weighted by molar-refractivity contribution is -0.123. The third-order valence-electron chi connectivity index (χ3n) is 7.72. The molecule has 39 heavy (non-hydrogen) atoms. The number of imide groups is 1. The number of halogens is 1. The highest BCUT2D eigenvalue weighted by atomic mass is 35.5. The molecule has 6 rings (SSSR count). The van der Waals surface area contributed by atoms with Crippen LogP contribution < -0.4 is 5.32 Å². The van der Waals surface area contributed by atoms with Crippen LogP contribution in [0.15, 0.2) is 66.7 Å². The lowest BCUT2D eigenvalue weighted by Crippen LogP contribution is -2.56. The van der Waals surface area contributed by atoms with E-state index in [1.54, 1.807) is 0 Å². The molecule has 0 aliphatic carbocycles. The van der Waals surface area contributed by atoms with Crippen molar-refractivity contribution in [1.82, 2.24) is 25.1 Å². The summed E-state index contributed by atoms with van der Waals surface area (Å²) < 4.78 is 0. The van der Waals surface area contributed by atoms with E-state index in [0.29, 0.717) is 12.1 Å². The first-order chi connectivity index (χ1) is 18.9. The zero-order valence-corrected chi connectivity index (χ0v) is 22.4. The molecule has 2 saturated heterocycles. The normalized spacial score (nSPS) is 18.4. The highest BCUT2D eigenvalue weighted by molar-refractivity contribution is 6.30.